The number of rotatable bonds is 4. The van der Waals surface area contributed by atoms with E-state index in [2.05, 4.69) is 62.9 Å². The molecule has 5 heteroatoms. The Labute approximate surface area is 220 Å². The molecule has 0 aromatic heterocycles. The maximum absolute atomic E-state index is 13.9. The summed E-state index contributed by atoms with van der Waals surface area (Å²) in [7, 11) is 0. The number of nitrogens with zero attached hydrogens (tertiary/aromatic N) is 1. The number of hydrogen-bond donors (Lipinski definition) is 2. The Balaban J connectivity index is 1.43. The van der Waals surface area contributed by atoms with Gasteiger partial charge in [-0.15, -0.1) is 0 Å². The SMILES string of the molecule is CC12C=CC(=O)C=C1CCC1C3(C)CC4CN(Cc5ccccc5)CC4(C(=O)CO)C3(C)CC(O)C12C. The van der Waals surface area contributed by atoms with Gasteiger partial charge in [0.2, 0.25) is 0 Å². The van der Waals surface area contributed by atoms with Crippen molar-refractivity contribution in [3.05, 3.63) is 59.7 Å². The van der Waals surface area contributed by atoms with Crippen molar-refractivity contribution in [1.29, 1.82) is 0 Å². The van der Waals surface area contributed by atoms with Crippen molar-refractivity contribution >= 4 is 11.6 Å². The molecule has 5 nitrogen and oxygen atoms in total. The Bertz CT molecular complexity index is 1210. The van der Waals surface area contributed by atoms with E-state index in [9.17, 15) is 19.8 Å². The fraction of sp³-hybridized carbons (Fsp3) is 0.625. The molecule has 0 amide bonds. The summed E-state index contributed by atoms with van der Waals surface area (Å²) in [5.74, 6) is 0.331. The van der Waals surface area contributed by atoms with E-state index in [0.29, 0.717) is 13.0 Å². The van der Waals surface area contributed by atoms with E-state index in [1.165, 1.54) is 5.56 Å². The van der Waals surface area contributed by atoms with E-state index >= 15 is 0 Å². The molecular formula is C32H41NO4. The number of aliphatic hydroxyl groups excluding tert-OH is 2. The highest BCUT2D eigenvalue weighted by Crippen LogP contribution is 2.80. The zero-order valence-electron chi connectivity index (χ0n) is 22.7. The van der Waals surface area contributed by atoms with Gasteiger partial charge in [-0.25, -0.2) is 0 Å². The molecule has 4 fully saturated rings. The molecule has 1 saturated heterocycles. The number of Topliss-reactive ketones (excluding diaryl/α,β-unsaturated/α-hetero) is 1. The smallest absolute Gasteiger partial charge is 0.178 e. The summed E-state index contributed by atoms with van der Waals surface area (Å²) < 4.78 is 0. The molecule has 1 aromatic carbocycles. The number of aliphatic hydroxyl groups is 2. The van der Waals surface area contributed by atoms with Crippen LogP contribution in [0.15, 0.2) is 54.1 Å². The summed E-state index contributed by atoms with van der Waals surface area (Å²) >= 11 is 0. The first-order chi connectivity index (χ1) is 17.5. The highest BCUT2D eigenvalue weighted by molar-refractivity contribution is 6.01. The molecule has 37 heavy (non-hydrogen) atoms. The molecule has 4 aliphatic carbocycles. The van der Waals surface area contributed by atoms with Crippen molar-refractivity contribution < 1.29 is 19.8 Å². The fourth-order valence-electron chi connectivity index (χ4n) is 10.5. The first kappa shape index (κ1) is 25.2. The molecule has 1 aromatic rings. The molecule has 6 rings (SSSR count). The van der Waals surface area contributed by atoms with E-state index in [1.807, 2.05) is 6.07 Å². The van der Waals surface area contributed by atoms with Gasteiger partial charge in [-0.2, -0.15) is 0 Å². The van der Waals surface area contributed by atoms with Gasteiger partial charge in [0.05, 0.1) is 11.5 Å². The minimum atomic E-state index is -0.678. The molecule has 2 N–H and O–H groups in total. The first-order valence-electron chi connectivity index (χ1n) is 14.0. The number of likely N-dealkylation sites (tertiary alicyclic amines) is 1. The van der Waals surface area contributed by atoms with Gasteiger partial charge < -0.3 is 10.2 Å². The van der Waals surface area contributed by atoms with Crippen LogP contribution in [0.1, 0.15) is 58.9 Å². The van der Waals surface area contributed by atoms with Crippen LogP contribution in [0.25, 0.3) is 0 Å². The van der Waals surface area contributed by atoms with Crippen LogP contribution in [0.3, 0.4) is 0 Å². The molecule has 3 saturated carbocycles. The number of ketones is 2. The number of fused-ring (bicyclic) bond motifs is 7. The first-order valence-corrected chi connectivity index (χ1v) is 14.0. The molecular weight excluding hydrogens is 462 g/mol. The topological polar surface area (TPSA) is 77.8 Å². The van der Waals surface area contributed by atoms with Crippen LogP contribution in [0.2, 0.25) is 0 Å². The average Bonchev–Trinajstić information content (AvgIpc) is 3.30. The van der Waals surface area contributed by atoms with Gasteiger partial charge in [0.15, 0.2) is 11.6 Å². The second-order valence-corrected chi connectivity index (χ2v) is 13.6. The minimum absolute atomic E-state index is 0.0391. The molecule has 0 spiro atoms. The van der Waals surface area contributed by atoms with Crippen LogP contribution < -0.4 is 0 Å². The maximum Gasteiger partial charge on any atom is 0.178 e. The molecule has 8 atom stereocenters. The van der Waals surface area contributed by atoms with Gasteiger partial charge in [0.25, 0.3) is 0 Å². The largest absolute Gasteiger partial charge is 0.392 e. The van der Waals surface area contributed by atoms with E-state index in [0.717, 1.165) is 37.9 Å². The number of benzene rings is 1. The van der Waals surface area contributed by atoms with Crippen molar-refractivity contribution in [2.75, 3.05) is 19.7 Å². The molecule has 1 heterocycles. The van der Waals surface area contributed by atoms with Gasteiger partial charge >= 0.3 is 0 Å². The molecule has 198 valence electrons. The van der Waals surface area contributed by atoms with Crippen LogP contribution >= 0.6 is 0 Å². The zero-order valence-corrected chi connectivity index (χ0v) is 22.7. The third-order valence-electron chi connectivity index (χ3n) is 12.6. The van der Waals surface area contributed by atoms with Crippen molar-refractivity contribution in [1.82, 2.24) is 4.90 Å². The quantitative estimate of drug-likeness (QED) is 0.639. The van der Waals surface area contributed by atoms with E-state index in [1.54, 1.807) is 12.2 Å². The standard InChI is InChI=1S/C32H41NO4/c1-28-13-12-24(35)14-22(28)10-11-25-29(2)15-23-18-33(17-21-8-6-5-7-9-21)20-32(23,27(37)19-34)30(29,3)16-26(36)31(25,28)4/h5-9,12-14,23,25-26,34,36H,10-11,15-20H2,1-4H3. The van der Waals surface area contributed by atoms with Gasteiger partial charge in [-0.3, -0.25) is 14.5 Å². The maximum atomic E-state index is 13.9. The second kappa shape index (κ2) is 7.97. The second-order valence-electron chi connectivity index (χ2n) is 13.6. The van der Waals surface area contributed by atoms with Gasteiger partial charge in [0, 0.05) is 30.5 Å². The number of carbonyl (C=O) groups excluding carboxylic acids is 2. The van der Waals surface area contributed by atoms with Crippen molar-refractivity contribution in [2.24, 2.45) is 38.9 Å². The number of allylic oxidation sites excluding steroid dienone is 4. The Morgan fingerprint density at radius 1 is 1.11 bits per heavy atom. The van der Waals surface area contributed by atoms with Gasteiger partial charge in [0.1, 0.15) is 6.61 Å². The summed E-state index contributed by atoms with van der Waals surface area (Å²) in [6, 6.07) is 10.4. The lowest BCUT2D eigenvalue weighted by atomic mass is 9.35. The minimum Gasteiger partial charge on any atom is -0.392 e. The van der Waals surface area contributed by atoms with Crippen LogP contribution in [-0.4, -0.2) is 52.5 Å². The lowest BCUT2D eigenvalue weighted by Crippen LogP contribution is -2.68. The Morgan fingerprint density at radius 3 is 2.54 bits per heavy atom. The van der Waals surface area contributed by atoms with E-state index < -0.39 is 34.4 Å². The average molecular weight is 504 g/mol. The van der Waals surface area contributed by atoms with Crippen LogP contribution in [0.4, 0.5) is 0 Å². The third-order valence-corrected chi connectivity index (χ3v) is 12.6. The molecule has 0 bridgehead atoms. The molecule has 1 aliphatic heterocycles. The van der Waals surface area contributed by atoms with Crippen molar-refractivity contribution in [3.8, 4) is 0 Å². The summed E-state index contributed by atoms with van der Waals surface area (Å²) in [5, 5.41) is 22.4. The lowest BCUT2D eigenvalue weighted by Gasteiger charge is -2.69. The zero-order chi connectivity index (χ0) is 26.4. The predicted octanol–water partition coefficient (Wildman–Crippen LogP) is 4.34. The summed E-state index contributed by atoms with van der Waals surface area (Å²) in [6.07, 6.45) is 8.12. The highest BCUT2D eigenvalue weighted by atomic mass is 16.3. The monoisotopic (exact) mass is 503 g/mol. The Kier molecular flexibility index (Phi) is 5.43. The van der Waals surface area contributed by atoms with Crippen molar-refractivity contribution in [2.45, 2.75) is 66.0 Å². The summed E-state index contributed by atoms with van der Waals surface area (Å²) in [6.45, 7) is 10.9. The number of carbonyl (C=O) groups is 2. The number of hydrogen-bond acceptors (Lipinski definition) is 5. The van der Waals surface area contributed by atoms with Crippen molar-refractivity contribution in [3.63, 3.8) is 0 Å². The molecule has 5 aliphatic rings. The Morgan fingerprint density at radius 2 is 1.84 bits per heavy atom. The van der Waals surface area contributed by atoms with Crippen LogP contribution in [0.5, 0.6) is 0 Å². The fourth-order valence-corrected chi connectivity index (χ4v) is 10.5. The summed E-state index contributed by atoms with van der Waals surface area (Å²) in [4.78, 5) is 28.5. The van der Waals surface area contributed by atoms with E-state index in [-0.39, 0.29) is 28.8 Å². The third kappa shape index (κ3) is 2.91. The van der Waals surface area contributed by atoms with Crippen LogP contribution in [-0.2, 0) is 16.1 Å². The summed E-state index contributed by atoms with van der Waals surface area (Å²) in [5.41, 5.74) is 0.260. The Hall–Kier alpha value is -2.08. The van der Waals surface area contributed by atoms with Gasteiger partial charge in [-0.05, 0) is 66.1 Å². The van der Waals surface area contributed by atoms with Crippen LogP contribution in [0, 0.1) is 38.9 Å². The molecule has 0 radical (unpaired) electrons. The van der Waals surface area contributed by atoms with Gasteiger partial charge in [-0.1, -0.05) is 69.7 Å². The van der Waals surface area contributed by atoms with E-state index in [4.69, 9.17) is 0 Å². The highest BCUT2D eigenvalue weighted by Gasteiger charge is 2.79. The predicted molar refractivity (Wildman–Crippen MR) is 142 cm³/mol. The lowest BCUT2D eigenvalue weighted by molar-refractivity contribution is -0.225. The normalized spacial score (nSPS) is 46.6. The molecule has 8 unspecified atom stereocenters.